The molecule has 1 heterocycles. The third kappa shape index (κ3) is 1.88. The third-order valence-electron chi connectivity index (χ3n) is 0.994. The van der Waals surface area contributed by atoms with E-state index in [4.69, 9.17) is 11.9 Å². The molecular formula is C6H3ClFNO2. The van der Waals surface area contributed by atoms with Gasteiger partial charge in [-0.1, -0.05) is 6.07 Å². The molecule has 0 fully saturated rings. The molecule has 3 nitrogen and oxygen atoms in total. The zero-order valence-electron chi connectivity index (χ0n) is 5.25. The Hall–Kier alpha value is -1.16. The molecule has 0 aromatic carbocycles. The van der Waals surface area contributed by atoms with Crippen molar-refractivity contribution in [3.63, 3.8) is 0 Å². The summed E-state index contributed by atoms with van der Waals surface area (Å²) in [4.78, 5) is 13.8. The molecule has 0 N–H and O–H groups in total. The molecule has 0 atom stereocenters. The molecule has 0 aliphatic rings. The molecule has 0 spiro atoms. The molecular weight excluding hydrogens is 173 g/mol. The number of hydrogen-bond acceptors (Lipinski definition) is 3. The molecule has 0 aliphatic heterocycles. The first-order chi connectivity index (χ1) is 5.24. The van der Waals surface area contributed by atoms with E-state index in [0.717, 1.165) is 6.07 Å². The zero-order valence-corrected chi connectivity index (χ0v) is 6.01. The number of carbonyl (C=O) groups is 1. The number of pyridine rings is 1. The number of nitrogens with zero attached hydrogens (tertiary/aromatic N) is 1. The maximum atomic E-state index is 12.3. The van der Waals surface area contributed by atoms with Crippen LogP contribution in [0.4, 0.5) is 4.39 Å². The van der Waals surface area contributed by atoms with Gasteiger partial charge in [-0.25, -0.2) is 9.78 Å². The summed E-state index contributed by atoms with van der Waals surface area (Å²) in [6.45, 7) is 0. The Balaban J connectivity index is 2.96. The monoisotopic (exact) mass is 175 g/mol. The molecule has 11 heavy (non-hydrogen) atoms. The fourth-order valence-electron chi connectivity index (χ4n) is 0.561. The lowest BCUT2D eigenvalue weighted by Gasteiger charge is -1.93. The van der Waals surface area contributed by atoms with Gasteiger partial charge in [0.1, 0.15) is 11.9 Å². The summed E-state index contributed by atoms with van der Waals surface area (Å²) in [6, 6.07) is 3.75. The molecule has 5 heteroatoms. The van der Waals surface area contributed by atoms with E-state index in [-0.39, 0.29) is 5.69 Å². The quantitative estimate of drug-likeness (QED) is 0.608. The van der Waals surface area contributed by atoms with E-state index < -0.39 is 11.9 Å². The Morgan fingerprint density at radius 3 is 2.91 bits per heavy atom. The smallest absolute Gasteiger partial charge is 0.342 e. The SMILES string of the molecule is O=C(OCl)c1cccc(F)n1. The van der Waals surface area contributed by atoms with Crippen molar-refractivity contribution in [3.8, 4) is 0 Å². The minimum Gasteiger partial charge on any atom is -0.342 e. The van der Waals surface area contributed by atoms with E-state index in [1.54, 1.807) is 0 Å². The first kappa shape index (κ1) is 7.94. The van der Waals surface area contributed by atoms with Crippen LogP contribution in [0.1, 0.15) is 10.5 Å². The Bertz CT molecular complexity index is 279. The molecule has 0 aliphatic carbocycles. The summed E-state index contributed by atoms with van der Waals surface area (Å²) in [5.74, 6) is -1.62. The lowest BCUT2D eigenvalue weighted by atomic mass is 10.3. The van der Waals surface area contributed by atoms with Crippen LogP contribution in [0.15, 0.2) is 18.2 Å². The van der Waals surface area contributed by atoms with Crippen molar-refractivity contribution in [1.82, 2.24) is 4.98 Å². The highest BCUT2D eigenvalue weighted by Crippen LogP contribution is 2.00. The molecule has 1 aromatic heterocycles. The third-order valence-corrected chi connectivity index (χ3v) is 1.13. The fourth-order valence-corrected chi connectivity index (χ4v) is 0.641. The second-order valence-corrected chi connectivity index (χ2v) is 1.86. The Kier molecular flexibility index (Phi) is 2.38. The van der Waals surface area contributed by atoms with E-state index in [2.05, 4.69) is 9.27 Å². The van der Waals surface area contributed by atoms with Crippen LogP contribution in [0, 0.1) is 5.95 Å². The summed E-state index contributed by atoms with van der Waals surface area (Å²) in [6.07, 6.45) is 0. The zero-order chi connectivity index (χ0) is 8.27. The van der Waals surface area contributed by atoms with Gasteiger partial charge in [-0.15, -0.1) is 0 Å². The Morgan fingerprint density at radius 1 is 1.64 bits per heavy atom. The van der Waals surface area contributed by atoms with Crippen LogP contribution in [0.25, 0.3) is 0 Å². The van der Waals surface area contributed by atoms with Gasteiger partial charge in [0.2, 0.25) is 5.95 Å². The number of aromatic nitrogens is 1. The lowest BCUT2D eigenvalue weighted by molar-refractivity contribution is 0.0744. The molecule has 0 radical (unpaired) electrons. The van der Waals surface area contributed by atoms with Crippen LogP contribution >= 0.6 is 11.9 Å². The van der Waals surface area contributed by atoms with Crippen LogP contribution in [-0.4, -0.2) is 11.0 Å². The second kappa shape index (κ2) is 3.30. The van der Waals surface area contributed by atoms with Crippen LogP contribution in [-0.2, 0) is 4.29 Å². The van der Waals surface area contributed by atoms with Gasteiger partial charge in [0.05, 0.1) is 0 Å². The predicted molar refractivity (Wildman–Crippen MR) is 35.5 cm³/mol. The normalized spacial score (nSPS) is 9.27. The van der Waals surface area contributed by atoms with Crippen molar-refractivity contribution in [2.75, 3.05) is 0 Å². The van der Waals surface area contributed by atoms with Gasteiger partial charge in [-0.05, 0) is 12.1 Å². The minimum absolute atomic E-state index is 0.153. The van der Waals surface area contributed by atoms with Gasteiger partial charge in [0, 0.05) is 0 Å². The molecule has 0 unspecified atom stereocenters. The number of hydrogen-bond donors (Lipinski definition) is 0. The van der Waals surface area contributed by atoms with E-state index in [1.807, 2.05) is 0 Å². The average molecular weight is 176 g/mol. The topological polar surface area (TPSA) is 39.2 Å². The fraction of sp³-hybridized carbons (Fsp3) is 0. The maximum Gasteiger partial charge on any atom is 0.375 e. The van der Waals surface area contributed by atoms with E-state index in [0.29, 0.717) is 0 Å². The molecule has 0 saturated carbocycles. The molecule has 1 rings (SSSR count). The highest BCUT2D eigenvalue weighted by Gasteiger charge is 2.07. The first-order valence-electron chi connectivity index (χ1n) is 2.69. The van der Waals surface area contributed by atoms with Crippen molar-refractivity contribution in [2.24, 2.45) is 0 Å². The first-order valence-corrected chi connectivity index (χ1v) is 3.00. The molecule has 0 amide bonds. The summed E-state index contributed by atoms with van der Waals surface area (Å²) in [5.41, 5.74) is -0.153. The number of halogens is 2. The maximum absolute atomic E-state index is 12.3. The van der Waals surface area contributed by atoms with Crippen LogP contribution in [0.3, 0.4) is 0 Å². The summed E-state index contributed by atoms with van der Waals surface area (Å²) >= 11 is 4.73. The van der Waals surface area contributed by atoms with Crippen molar-refractivity contribution in [3.05, 3.63) is 29.8 Å². The summed E-state index contributed by atoms with van der Waals surface area (Å²) in [5, 5.41) is 0. The Labute approximate surface area is 66.9 Å². The van der Waals surface area contributed by atoms with Crippen molar-refractivity contribution >= 4 is 17.8 Å². The van der Waals surface area contributed by atoms with Gasteiger partial charge in [-0.3, -0.25) is 0 Å². The van der Waals surface area contributed by atoms with Gasteiger partial charge < -0.3 is 4.29 Å². The van der Waals surface area contributed by atoms with Crippen LogP contribution in [0.5, 0.6) is 0 Å². The minimum atomic E-state index is -0.869. The van der Waals surface area contributed by atoms with Crippen molar-refractivity contribution in [1.29, 1.82) is 0 Å². The largest absolute Gasteiger partial charge is 0.375 e. The van der Waals surface area contributed by atoms with Crippen molar-refractivity contribution in [2.45, 2.75) is 0 Å². The summed E-state index contributed by atoms with van der Waals surface area (Å²) < 4.78 is 16.1. The van der Waals surface area contributed by atoms with E-state index >= 15 is 0 Å². The lowest BCUT2D eigenvalue weighted by Crippen LogP contribution is -2.02. The highest BCUT2D eigenvalue weighted by molar-refractivity contribution is 6.15. The second-order valence-electron chi connectivity index (χ2n) is 1.71. The van der Waals surface area contributed by atoms with Crippen LogP contribution < -0.4 is 0 Å². The number of carbonyl (C=O) groups excluding carboxylic acids is 1. The number of rotatable bonds is 1. The standard InChI is InChI=1S/C6H3ClFNO2/c7-11-6(10)4-2-1-3-5(8)9-4/h1-3H. The predicted octanol–water partition coefficient (Wildman–Crippen LogP) is 1.53. The molecule has 58 valence electrons. The van der Waals surface area contributed by atoms with E-state index in [9.17, 15) is 9.18 Å². The van der Waals surface area contributed by atoms with Gasteiger partial charge in [0.25, 0.3) is 0 Å². The van der Waals surface area contributed by atoms with E-state index in [1.165, 1.54) is 12.1 Å². The van der Waals surface area contributed by atoms with Crippen molar-refractivity contribution < 1.29 is 13.5 Å². The molecule has 1 aromatic rings. The van der Waals surface area contributed by atoms with Gasteiger partial charge >= 0.3 is 5.97 Å². The Morgan fingerprint density at radius 2 is 2.36 bits per heavy atom. The summed E-state index contributed by atoms with van der Waals surface area (Å²) in [7, 11) is 0. The molecule has 0 bridgehead atoms. The average Bonchev–Trinajstić information content (AvgIpc) is 2.03. The molecule has 0 saturated heterocycles. The van der Waals surface area contributed by atoms with Gasteiger partial charge in [-0.2, -0.15) is 4.39 Å². The van der Waals surface area contributed by atoms with Gasteiger partial charge in [0.15, 0.2) is 5.69 Å². The highest BCUT2D eigenvalue weighted by atomic mass is 35.5. The van der Waals surface area contributed by atoms with Crippen LogP contribution in [0.2, 0.25) is 0 Å².